The summed E-state index contributed by atoms with van der Waals surface area (Å²) in [7, 11) is 0. The smallest absolute Gasteiger partial charge is 0.268 e. The molecule has 5 nitrogen and oxygen atoms in total. The summed E-state index contributed by atoms with van der Waals surface area (Å²) >= 11 is 5.95. The summed E-state index contributed by atoms with van der Waals surface area (Å²) < 4.78 is 32.1. The fraction of sp³-hybridized carbons (Fsp3) is 0.200. The predicted molar refractivity (Wildman–Crippen MR) is 81.3 cm³/mol. The minimum absolute atomic E-state index is 0.0455. The molecule has 0 bridgehead atoms. The van der Waals surface area contributed by atoms with E-state index in [1.807, 2.05) is 0 Å². The Morgan fingerprint density at radius 3 is 2.61 bits per heavy atom. The van der Waals surface area contributed by atoms with Crippen molar-refractivity contribution in [1.29, 1.82) is 0 Å². The van der Waals surface area contributed by atoms with Gasteiger partial charge in [0, 0.05) is 6.07 Å². The average molecular weight is 340 g/mol. The van der Waals surface area contributed by atoms with Gasteiger partial charge in [-0.05, 0) is 30.7 Å². The SMILES string of the molecule is CC1Oc2nc(N)c(Cl)cc2N(Cc2cc(F)cc(F)c2)C1=O. The highest BCUT2D eigenvalue weighted by atomic mass is 35.5. The van der Waals surface area contributed by atoms with E-state index in [9.17, 15) is 13.6 Å². The van der Waals surface area contributed by atoms with E-state index in [1.54, 1.807) is 6.92 Å². The van der Waals surface area contributed by atoms with Gasteiger partial charge in [0.2, 0.25) is 5.88 Å². The summed E-state index contributed by atoms with van der Waals surface area (Å²) in [4.78, 5) is 17.7. The number of nitrogens with zero attached hydrogens (tertiary/aromatic N) is 2. The zero-order valence-electron chi connectivity index (χ0n) is 12.0. The molecular formula is C15H12ClF2N3O2. The molecule has 3 rings (SSSR count). The number of anilines is 2. The number of hydrogen-bond donors (Lipinski definition) is 1. The molecule has 23 heavy (non-hydrogen) atoms. The van der Waals surface area contributed by atoms with Crippen molar-refractivity contribution in [2.45, 2.75) is 19.6 Å². The van der Waals surface area contributed by atoms with E-state index in [0.29, 0.717) is 11.3 Å². The van der Waals surface area contributed by atoms with Crippen molar-refractivity contribution in [1.82, 2.24) is 4.98 Å². The van der Waals surface area contributed by atoms with Crippen LogP contribution in [0.4, 0.5) is 20.3 Å². The minimum atomic E-state index is -0.797. The lowest BCUT2D eigenvalue weighted by atomic mass is 10.1. The van der Waals surface area contributed by atoms with Gasteiger partial charge in [0.15, 0.2) is 6.10 Å². The van der Waals surface area contributed by atoms with Crippen LogP contribution >= 0.6 is 11.6 Å². The summed E-state index contributed by atoms with van der Waals surface area (Å²) in [6, 6.07) is 4.52. The third-order valence-electron chi connectivity index (χ3n) is 3.41. The van der Waals surface area contributed by atoms with E-state index in [2.05, 4.69) is 4.98 Å². The lowest BCUT2D eigenvalue weighted by Crippen LogP contribution is -2.44. The third-order valence-corrected chi connectivity index (χ3v) is 3.71. The minimum Gasteiger partial charge on any atom is -0.463 e. The van der Waals surface area contributed by atoms with Crippen molar-refractivity contribution in [3.63, 3.8) is 0 Å². The number of benzene rings is 1. The van der Waals surface area contributed by atoms with Gasteiger partial charge in [-0.2, -0.15) is 4.98 Å². The highest BCUT2D eigenvalue weighted by Crippen LogP contribution is 2.37. The van der Waals surface area contributed by atoms with Crippen LogP contribution in [0.3, 0.4) is 0 Å². The number of carbonyl (C=O) groups excluding carboxylic acids is 1. The van der Waals surface area contributed by atoms with Crippen LogP contribution in [0.2, 0.25) is 5.02 Å². The maximum Gasteiger partial charge on any atom is 0.268 e. The van der Waals surface area contributed by atoms with Crippen LogP contribution in [0.5, 0.6) is 5.88 Å². The molecule has 1 aliphatic rings. The Morgan fingerprint density at radius 2 is 1.96 bits per heavy atom. The van der Waals surface area contributed by atoms with Crippen molar-refractivity contribution in [3.8, 4) is 5.88 Å². The van der Waals surface area contributed by atoms with Gasteiger partial charge in [-0.25, -0.2) is 8.78 Å². The Balaban J connectivity index is 2.04. The molecule has 0 saturated heterocycles. The number of amides is 1. The van der Waals surface area contributed by atoms with Gasteiger partial charge in [-0.1, -0.05) is 11.6 Å². The Labute approximate surface area is 135 Å². The molecule has 1 aromatic carbocycles. The first kappa shape index (κ1) is 15.5. The Hall–Kier alpha value is -2.41. The van der Waals surface area contributed by atoms with Crippen molar-refractivity contribution in [3.05, 3.63) is 46.5 Å². The number of nitrogen functional groups attached to an aromatic ring is 1. The number of pyridine rings is 1. The normalized spacial score (nSPS) is 17.0. The summed E-state index contributed by atoms with van der Waals surface area (Å²) in [5, 5.41) is 0.158. The first-order chi connectivity index (χ1) is 10.8. The molecule has 1 aromatic heterocycles. The molecule has 2 aromatic rings. The van der Waals surface area contributed by atoms with Crippen LogP contribution in [-0.2, 0) is 11.3 Å². The molecule has 2 heterocycles. The summed E-state index contributed by atoms with van der Waals surface area (Å²) in [6.45, 7) is 1.51. The molecule has 0 radical (unpaired) electrons. The Morgan fingerprint density at radius 1 is 1.30 bits per heavy atom. The van der Waals surface area contributed by atoms with Crippen LogP contribution in [0.1, 0.15) is 12.5 Å². The van der Waals surface area contributed by atoms with Crippen molar-refractivity contribution in [2.75, 3.05) is 10.6 Å². The number of ether oxygens (including phenoxy) is 1. The van der Waals surface area contributed by atoms with E-state index < -0.39 is 17.7 Å². The Kier molecular flexibility index (Phi) is 3.81. The van der Waals surface area contributed by atoms with Crippen molar-refractivity contribution >= 4 is 29.0 Å². The van der Waals surface area contributed by atoms with Gasteiger partial charge >= 0.3 is 0 Å². The van der Waals surface area contributed by atoms with Crippen molar-refractivity contribution < 1.29 is 18.3 Å². The van der Waals surface area contributed by atoms with Crippen LogP contribution in [0.15, 0.2) is 24.3 Å². The van der Waals surface area contributed by atoms with Gasteiger partial charge < -0.3 is 10.5 Å². The van der Waals surface area contributed by atoms with E-state index in [-0.39, 0.29) is 29.2 Å². The molecule has 1 aliphatic heterocycles. The van der Waals surface area contributed by atoms with Crippen LogP contribution in [0, 0.1) is 11.6 Å². The molecule has 2 N–H and O–H groups in total. The van der Waals surface area contributed by atoms with Gasteiger partial charge in [-0.3, -0.25) is 9.69 Å². The maximum absolute atomic E-state index is 13.4. The van der Waals surface area contributed by atoms with E-state index in [4.69, 9.17) is 22.1 Å². The monoisotopic (exact) mass is 339 g/mol. The van der Waals surface area contributed by atoms with Crippen LogP contribution in [0.25, 0.3) is 0 Å². The number of hydrogen-bond acceptors (Lipinski definition) is 4. The number of carbonyl (C=O) groups is 1. The molecule has 1 amide bonds. The molecule has 0 fully saturated rings. The van der Waals surface area contributed by atoms with Gasteiger partial charge in [0.25, 0.3) is 5.91 Å². The number of aromatic nitrogens is 1. The van der Waals surface area contributed by atoms with Gasteiger partial charge in [0.1, 0.15) is 23.1 Å². The highest BCUT2D eigenvalue weighted by Gasteiger charge is 2.33. The molecule has 0 aliphatic carbocycles. The summed E-state index contributed by atoms with van der Waals surface area (Å²) in [5.74, 6) is -1.59. The lowest BCUT2D eigenvalue weighted by molar-refractivity contribution is -0.125. The first-order valence-electron chi connectivity index (χ1n) is 6.74. The molecular weight excluding hydrogens is 328 g/mol. The lowest BCUT2D eigenvalue weighted by Gasteiger charge is -2.32. The molecule has 0 spiro atoms. The molecule has 0 saturated carbocycles. The topological polar surface area (TPSA) is 68.5 Å². The molecule has 120 valence electrons. The van der Waals surface area contributed by atoms with Crippen LogP contribution < -0.4 is 15.4 Å². The summed E-state index contributed by atoms with van der Waals surface area (Å²) in [5.41, 5.74) is 6.23. The third kappa shape index (κ3) is 2.92. The summed E-state index contributed by atoms with van der Waals surface area (Å²) in [6.07, 6.45) is -0.797. The second kappa shape index (κ2) is 5.66. The second-order valence-corrected chi connectivity index (χ2v) is 5.55. The quantitative estimate of drug-likeness (QED) is 0.913. The average Bonchev–Trinajstić information content (AvgIpc) is 2.45. The van der Waals surface area contributed by atoms with E-state index in [0.717, 1.165) is 18.2 Å². The zero-order valence-corrected chi connectivity index (χ0v) is 12.8. The maximum atomic E-state index is 13.4. The fourth-order valence-corrected chi connectivity index (χ4v) is 2.51. The predicted octanol–water partition coefficient (Wildman–Crippen LogP) is 2.91. The number of rotatable bonds is 2. The standard InChI is InChI=1S/C15H12ClF2N3O2/c1-7-15(22)21(6-8-2-9(17)4-10(18)3-8)12-5-11(16)13(19)20-14(12)23-7/h2-5,7H,6H2,1H3,(H2,19,20). The van der Waals surface area contributed by atoms with Crippen LogP contribution in [-0.4, -0.2) is 17.0 Å². The number of nitrogens with two attached hydrogens (primary N) is 1. The Bertz CT molecular complexity index is 780. The van der Waals surface area contributed by atoms with Gasteiger partial charge in [-0.15, -0.1) is 0 Å². The molecule has 8 heteroatoms. The van der Waals surface area contributed by atoms with E-state index in [1.165, 1.54) is 11.0 Å². The first-order valence-corrected chi connectivity index (χ1v) is 7.12. The largest absolute Gasteiger partial charge is 0.463 e. The second-order valence-electron chi connectivity index (χ2n) is 5.14. The molecule has 1 unspecified atom stereocenters. The number of fused-ring (bicyclic) bond motifs is 1. The fourth-order valence-electron chi connectivity index (χ4n) is 2.36. The van der Waals surface area contributed by atoms with E-state index >= 15 is 0 Å². The number of halogens is 3. The van der Waals surface area contributed by atoms with Crippen molar-refractivity contribution in [2.24, 2.45) is 0 Å². The van der Waals surface area contributed by atoms with Gasteiger partial charge in [0.05, 0.1) is 11.6 Å². The molecule has 1 atom stereocenters. The zero-order chi connectivity index (χ0) is 16.7. The highest BCUT2D eigenvalue weighted by molar-refractivity contribution is 6.33.